The lowest BCUT2D eigenvalue weighted by atomic mass is 10.1. The quantitative estimate of drug-likeness (QED) is 0.920. The van der Waals surface area contributed by atoms with Gasteiger partial charge in [-0.1, -0.05) is 0 Å². The van der Waals surface area contributed by atoms with E-state index >= 15 is 0 Å². The van der Waals surface area contributed by atoms with Crippen LogP contribution in [-0.4, -0.2) is 23.9 Å². The number of thiophene rings is 1. The smallest absolute Gasteiger partial charge is 0.161 e. The highest BCUT2D eigenvalue weighted by molar-refractivity contribution is 7.12. The molecule has 2 aromatic heterocycles. The van der Waals surface area contributed by atoms with Gasteiger partial charge >= 0.3 is 0 Å². The molecule has 1 aliphatic rings. The molecule has 3 rings (SSSR count). The van der Waals surface area contributed by atoms with E-state index in [2.05, 4.69) is 23.4 Å². The molecule has 2 heterocycles. The van der Waals surface area contributed by atoms with E-state index in [0.29, 0.717) is 0 Å². The lowest BCUT2D eigenvalue weighted by Gasteiger charge is -2.17. The molecule has 1 unspecified atom stereocenters. The third-order valence-corrected chi connectivity index (χ3v) is 5.28. The van der Waals surface area contributed by atoms with E-state index in [-0.39, 0.29) is 6.04 Å². The molecule has 0 saturated heterocycles. The molecule has 4 nitrogen and oxygen atoms in total. The van der Waals surface area contributed by atoms with Crippen LogP contribution in [0.2, 0.25) is 0 Å². The molecule has 0 aliphatic heterocycles. The molecule has 0 radical (unpaired) electrons. The van der Waals surface area contributed by atoms with Crippen LogP contribution in [0.25, 0.3) is 0 Å². The Labute approximate surface area is 123 Å². The van der Waals surface area contributed by atoms with E-state index < -0.39 is 0 Å². The van der Waals surface area contributed by atoms with Gasteiger partial charge in [0, 0.05) is 16.3 Å². The van der Waals surface area contributed by atoms with Crippen molar-refractivity contribution >= 4 is 11.3 Å². The number of fused-ring (bicyclic) bond motifs is 1. The van der Waals surface area contributed by atoms with Crippen molar-refractivity contribution in [1.29, 1.82) is 0 Å². The Morgan fingerprint density at radius 2 is 2.35 bits per heavy atom. The average Bonchev–Trinajstić information content (AvgIpc) is 3.13. The monoisotopic (exact) mass is 291 g/mol. The molecule has 0 amide bonds. The first-order chi connectivity index (χ1) is 9.78. The molecule has 1 aliphatic carbocycles. The molecule has 1 atom stereocenters. The summed E-state index contributed by atoms with van der Waals surface area (Å²) in [7, 11) is 3.71. The maximum absolute atomic E-state index is 5.49. The van der Waals surface area contributed by atoms with Crippen LogP contribution in [0.3, 0.4) is 0 Å². The first kappa shape index (κ1) is 13.6. The molecular weight excluding hydrogens is 270 g/mol. The summed E-state index contributed by atoms with van der Waals surface area (Å²) in [6.07, 6.45) is 5.58. The van der Waals surface area contributed by atoms with E-state index in [9.17, 15) is 0 Å². The van der Waals surface area contributed by atoms with Crippen molar-refractivity contribution in [2.45, 2.75) is 38.8 Å². The van der Waals surface area contributed by atoms with Crippen LogP contribution in [0.15, 0.2) is 12.3 Å². The van der Waals surface area contributed by atoms with E-state index in [1.54, 1.807) is 12.0 Å². The number of nitrogens with one attached hydrogen (secondary N) is 1. The lowest BCUT2D eigenvalue weighted by molar-refractivity contribution is 0.401. The number of methoxy groups -OCH3 is 1. The van der Waals surface area contributed by atoms with Crippen molar-refractivity contribution in [2.75, 3.05) is 14.2 Å². The summed E-state index contributed by atoms with van der Waals surface area (Å²) in [6.45, 7) is 2.96. The van der Waals surface area contributed by atoms with Crippen LogP contribution in [0, 0.1) is 0 Å². The number of aryl methyl sites for hydroxylation is 3. The van der Waals surface area contributed by atoms with Gasteiger partial charge in [0.15, 0.2) is 5.75 Å². The largest absolute Gasteiger partial charge is 0.493 e. The fraction of sp³-hybridized carbons (Fsp3) is 0.533. The maximum atomic E-state index is 5.49. The SMILES string of the molecule is CCn1ncc(OC)c1C(NC)c1cc2c(s1)CCC2. The van der Waals surface area contributed by atoms with Crippen molar-refractivity contribution in [3.63, 3.8) is 0 Å². The molecule has 5 heteroatoms. The Morgan fingerprint density at radius 1 is 1.50 bits per heavy atom. The van der Waals surface area contributed by atoms with Gasteiger partial charge in [0.2, 0.25) is 0 Å². The van der Waals surface area contributed by atoms with Crippen LogP contribution in [-0.2, 0) is 19.4 Å². The summed E-state index contributed by atoms with van der Waals surface area (Å²) in [4.78, 5) is 2.92. The van der Waals surface area contributed by atoms with Crippen molar-refractivity contribution in [3.05, 3.63) is 33.3 Å². The number of ether oxygens (including phenoxy) is 1. The van der Waals surface area contributed by atoms with Crippen LogP contribution in [0.4, 0.5) is 0 Å². The van der Waals surface area contributed by atoms with Crippen LogP contribution < -0.4 is 10.1 Å². The highest BCUT2D eigenvalue weighted by Crippen LogP contribution is 2.38. The molecule has 108 valence electrons. The van der Waals surface area contributed by atoms with Gasteiger partial charge in [-0.25, -0.2) is 0 Å². The number of hydrogen-bond acceptors (Lipinski definition) is 4. The summed E-state index contributed by atoms with van der Waals surface area (Å²) in [5.74, 6) is 0.861. The van der Waals surface area contributed by atoms with Crippen LogP contribution >= 0.6 is 11.3 Å². The molecular formula is C15H21N3OS. The Morgan fingerprint density at radius 3 is 3.00 bits per heavy atom. The van der Waals surface area contributed by atoms with Crippen molar-refractivity contribution in [3.8, 4) is 5.75 Å². The van der Waals surface area contributed by atoms with Gasteiger partial charge in [-0.2, -0.15) is 5.10 Å². The van der Waals surface area contributed by atoms with Crippen LogP contribution in [0.5, 0.6) is 5.75 Å². The zero-order chi connectivity index (χ0) is 14.1. The number of rotatable bonds is 5. The third-order valence-electron chi connectivity index (χ3n) is 3.98. The van der Waals surface area contributed by atoms with Crippen molar-refractivity contribution in [1.82, 2.24) is 15.1 Å². The predicted octanol–water partition coefficient (Wildman–Crippen LogP) is 2.77. The van der Waals surface area contributed by atoms with Gasteiger partial charge in [0.1, 0.15) is 5.69 Å². The van der Waals surface area contributed by atoms with E-state index in [1.165, 1.54) is 29.7 Å². The molecule has 0 bridgehead atoms. The number of hydrogen-bond donors (Lipinski definition) is 1. The normalized spacial score (nSPS) is 15.3. The van der Waals surface area contributed by atoms with Gasteiger partial charge in [-0.15, -0.1) is 11.3 Å². The second kappa shape index (κ2) is 5.58. The second-order valence-electron chi connectivity index (χ2n) is 5.09. The molecule has 1 N–H and O–H groups in total. The Kier molecular flexibility index (Phi) is 3.81. The van der Waals surface area contributed by atoms with Crippen molar-refractivity contribution < 1.29 is 4.74 Å². The fourth-order valence-electron chi connectivity index (χ4n) is 2.99. The summed E-state index contributed by atoms with van der Waals surface area (Å²) in [6, 6.07) is 2.52. The van der Waals surface area contributed by atoms with E-state index in [0.717, 1.165) is 18.0 Å². The number of nitrogens with zero attached hydrogens (tertiary/aromatic N) is 2. The molecule has 0 fully saturated rings. The summed E-state index contributed by atoms with van der Waals surface area (Å²) >= 11 is 1.93. The molecule has 0 aromatic carbocycles. The lowest BCUT2D eigenvalue weighted by Crippen LogP contribution is -2.21. The van der Waals surface area contributed by atoms with Gasteiger partial charge in [0.25, 0.3) is 0 Å². The zero-order valence-electron chi connectivity index (χ0n) is 12.3. The minimum absolute atomic E-state index is 0.156. The maximum Gasteiger partial charge on any atom is 0.161 e. The van der Waals surface area contributed by atoms with Gasteiger partial charge in [-0.3, -0.25) is 4.68 Å². The third kappa shape index (κ3) is 2.15. The van der Waals surface area contributed by atoms with Gasteiger partial charge in [-0.05, 0) is 44.9 Å². The fourth-order valence-corrected chi connectivity index (χ4v) is 4.36. The standard InChI is InChI=1S/C15H21N3OS/c1-4-18-15(11(19-3)9-17-18)14(16-2)13-8-10-6-5-7-12(10)20-13/h8-9,14,16H,4-7H2,1-3H3. The molecule has 0 saturated carbocycles. The molecule has 0 spiro atoms. The van der Waals surface area contributed by atoms with E-state index in [1.807, 2.05) is 29.3 Å². The topological polar surface area (TPSA) is 39.1 Å². The Hall–Kier alpha value is -1.33. The molecule has 2 aromatic rings. The predicted molar refractivity (Wildman–Crippen MR) is 81.7 cm³/mol. The number of aromatic nitrogens is 2. The van der Waals surface area contributed by atoms with Crippen molar-refractivity contribution in [2.24, 2.45) is 0 Å². The average molecular weight is 291 g/mol. The summed E-state index contributed by atoms with van der Waals surface area (Å²) in [5, 5.41) is 7.85. The van der Waals surface area contributed by atoms with E-state index in [4.69, 9.17) is 4.74 Å². The van der Waals surface area contributed by atoms with Crippen LogP contribution in [0.1, 0.15) is 40.4 Å². The second-order valence-corrected chi connectivity index (χ2v) is 6.25. The highest BCUT2D eigenvalue weighted by atomic mass is 32.1. The van der Waals surface area contributed by atoms with Gasteiger partial charge < -0.3 is 10.1 Å². The van der Waals surface area contributed by atoms with Gasteiger partial charge in [0.05, 0.1) is 19.3 Å². The Balaban J connectivity index is 2.02. The first-order valence-corrected chi connectivity index (χ1v) is 7.98. The Bertz CT molecular complexity index is 559. The minimum Gasteiger partial charge on any atom is -0.493 e. The summed E-state index contributed by atoms with van der Waals surface area (Å²) < 4.78 is 7.51. The zero-order valence-corrected chi connectivity index (χ0v) is 13.1. The summed E-state index contributed by atoms with van der Waals surface area (Å²) in [5.41, 5.74) is 2.66. The highest BCUT2D eigenvalue weighted by Gasteiger charge is 2.25. The molecule has 20 heavy (non-hydrogen) atoms. The minimum atomic E-state index is 0.156. The first-order valence-electron chi connectivity index (χ1n) is 7.16.